The number of carbonyl (C=O) groups is 1. The Bertz CT molecular complexity index is 815. The number of nitrogens with one attached hydrogen (secondary N) is 1. The highest BCUT2D eigenvalue weighted by Crippen LogP contribution is 2.36. The van der Waals surface area contributed by atoms with Gasteiger partial charge in [-0.25, -0.2) is 4.98 Å². The molecule has 1 amide bonds. The lowest BCUT2D eigenvalue weighted by atomic mass is 9.97. The normalized spacial score (nSPS) is 26.5. The molecule has 24 heavy (non-hydrogen) atoms. The molecular formula is C17H20N4O3. The maximum atomic E-state index is 12.5. The smallest absolute Gasteiger partial charge is 0.232 e. The molecule has 3 unspecified atom stereocenters. The number of hydrogen-bond donors (Lipinski definition) is 1. The first-order valence-electron chi connectivity index (χ1n) is 8.41. The zero-order valence-electron chi connectivity index (χ0n) is 13.6. The van der Waals surface area contributed by atoms with E-state index in [1.807, 2.05) is 19.1 Å². The minimum Gasteiger partial charge on any atom is -0.342 e. The molecule has 1 aliphatic heterocycles. The predicted molar refractivity (Wildman–Crippen MR) is 88.3 cm³/mol. The van der Waals surface area contributed by atoms with Crippen LogP contribution in [0.1, 0.15) is 36.6 Å². The van der Waals surface area contributed by atoms with Crippen LogP contribution in [0.25, 0.3) is 11.0 Å². The number of likely N-dealkylation sites (tertiary alicyclic amines) is 1. The van der Waals surface area contributed by atoms with Crippen molar-refractivity contribution in [2.45, 2.75) is 38.1 Å². The molecule has 1 saturated carbocycles. The number of rotatable bonds is 3. The lowest BCUT2D eigenvalue weighted by Gasteiger charge is -2.31. The van der Waals surface area contributed by atoms with Crippen molar-refractivity contribution in [3.63, 3.8) is 0 Å². The maximum absolute atomic E-state index is 12.5. The van der Waals surface area contributed by atoms with Crippen LogP contribution < -0.4 is 0 Å². The van der Waals surface area contributed by atoms with Crippen LogP contribution in [-0.4, -0.2) is 44.8 Å². The van der Waals surface area contributed by atoms with Gasteiger partial charge >= 0.3 is 0 Å². The number of aromatic nitrogens is 2. The molecule has 1 aromatic carbocycles. The molecule has 2 aromatic rings. The molecule has 7 nitrogen and oxygen atoms in total. The summed E-state index contributed by atoms with van der Waals surface area (Å²) >= 11 is 0. The van der Waals surface area contributed by atoms with Gasteiger partial charge in [-0.05, 0) is 37.5 Å². The Morgan fingerprint density at radius 1 is 1.46 bits per heavy atom. The van der Waals surface area contributed by atoms with E-state index in [0.29, 0.717) is 19.5 Å². The summed E-state index contributed by atoms with van der Waals surface area (Å²) < 4.78 is 0. The molecule has 7 heteroatoms. The molecule has 0 bridgehead atoms. The van der Waals surface area contributed by atoms with Gasteiger partial charge in [-0.1, -0.05) is 6.07 Å². The van der Waals surface area contributed by atoms with Gasteiger partial charge in [0.25, 0.3) is 0 Å². The van der Waals surface area contributed by atoms with Gasteiger partial charge < -0.3 is 9.88 Å². The molecule has 1 N–H and O–H groups in total. The van der Waals surface area contributed by atoms with E-state index in [-0.39, 0.29) is 16.7 Å². The van der Waals surface area contributed by atoms with Crippen molar-refractivity contribution in [2.24, 2.45) is 5.92 Å². The van der Waals surface area contributed by atoms with E-state index in [4.69, 9.17) is 0 Å². The number of nitrogens with zero attached hydrogens (tertiary/aromatic N) is 3. The van der Waals surface area contributed by atoms with Gasteiger partial charge in [0.05, 0.1) is 11.0 Å². The highest BCUT2D eigenvalue weighted by atomic mass is 16.6. The largest absolute Gasteiger partial charge is 0.342 e. The van der Waals surface area contributed by atoms with E-state index < -0.39 is 12.0 Å². The molecule has 4 rings (SSSR count). The number of aromatic amines is 1. The quantitative estimate of drug-likeness (QED) is 0.691. The van der Waals surface area contributed by atoms with Gasteiger partial charge in [-0.3, -0.25) is 14.9 Å². The van der Waals surface area contributed by atoms with E-state index in [1.54, 1.807) is 4.90 Å². The van der Waals surface area contributed by atoms with Gasteiger partial charge in [-0.15, -0.1) is 0 Å². The van der Waals surface area contributed by atoms with Gasteiger partial charge in [0.15, 0.2) is 0 Å². The summed E-state index contributed by atoms with van der Waals surface area (Å²) in [5.41, 5.74) is 3.14. The zero-order valence-corrected chi connectivity index (χ0v) is 13.6. The van der Waals surface area contributed by atoms with Gasteiger partial charge in [0.2, 0.25) is 11.9 Å². The average molecular weight is 328 g/mol. The number of aryl methyl sites for hydroxylation is 1. The first kappa shape index (κ1) is 15.1. The molecule has 2 fully saturated rings. The second-order valence-corrected chi connectivity index (χ2v) is 6.96. The van der Waals surface area contributed by atoms with Crippen LogP contribution in [0.5, 0.6) is 0 Å². The van der Waals surface area contributed by atoms with Crippen molar-refractivity contribution >= 4 is 16.9 Å². The summed E-state index contributed by atoms with van der Waals surface area (Å²) in [5.74, 6) is 0.600. The summed E-state index contributed by atoms with van der Waals surface area (Å²) in [6.45, 7) is 3.33. The predicted octanol–water partition coefficient (Wildman–Crippen LogP) is 2.24. The number of H-pyrrole nitrogens is 1. The first-order chi connectivity index (χ1) is 11.5. The Hall–Kier alpha value is -2.44. The standard InChI is InChI=1S/C17H20N4O3/c1-10-4-5-13-14(7-10)19-16(18-13)11-3-2-6-20(9-11)17(22)12-8-15(12)21(23)24/h4-5,7,11-12,15H,2-3,6,8-9H2,1H3,(H,18,19). The monoisotopic (exact) mass is 328 g/mol. The van der Waals surface area contributed by atoms with Crippen molar-refractivity contribution in [3.05, 3.63) is 39.7 Å². The van der Waals surface area contributed by atoms with Crippen LogP contribution in [0.15, 0.2) is 18.2 Å². The SMILES string of the molecule is Cc1ccc2nc(C3CCCN(C(=O)C4CC4[N+](=O)[O-])C3)[nH]c2c1. The second-order valence-electron chi connectivity index (χ2n) is 6.96. The van der Waals surface area contributed by atoms with E-state index in [1.165, 1.54) is 5.56 Å². The van der Waals surface area contributed by atoms with Gasteiger partial charge in [0, 0.05) is 30.4 Å². The number of carbonyl (C=O) groups excluding carboxylic acids is 1. The van der Waals surface area contributed by atoms with Crippen molar-refractivity contribution in [3.8, 4) is 0 Å². The molecule has 0 radical (unpaired) electrons. The average Bonchev–Trinajstić information content (AvgIpc) is 3.27. The van der Waals surface area contributed by atoms with E-state index in [2.05, 4.69) is 16.0 Å². The highest BCUT2D eigenvalue weighted by Gasteiger charge is 2.54. The number of benzene rings is 1. The van der Waals surface area contributed by atoms with Crippen LogP contribution in [0.2, 0.25) is 0 Å². The molecule has 1 aliphatic carbocycles. The number of imidazole rings is 1. The Morgan fingerprint density at radius 3 is 3.04 bits per heavy atom. The Balaban J connectivity index is 1.50. The van der Waals surface area contributed by atoms with Crippen LogP contribution in [0, 0.1) is 23.0 Å². The van der Waals surface area contributed by atoms with Crippen molar-refractivity contribution in [1.29, 1.82) is 0 Å². The van der Waals surface area contributed by atoms with Gasteiger partial charge in [-0.2, -0.15) is 0 Å². The number of amides is 1. The third kappa shape index (κ3) is 2.64. The Morgan fingerprint density at radius 2 is 2.29 bits per heavy atom. The third-order valence-electron chi connectivity index (χ3n) is 5.12. The summed E-state index contributed by atoms with van der Waals surface area (Å²) in [6.07, 6.45) is 2.27. The Kier molecular flexibility index (Phi) is 3.51. The molecule has 0 spiro atoms. The molecule has 2 aliphatic rings. The number of hydrogen-bond acceptors (Lipinski definition) is 4. The summed E-state index contributed by atoms with van der Waals surface area (Å²) in [5, 5.41) is 10.8. The lowest BCUT2D eigenvalue weighted by Crippen LogP contribution is -2.41. The summed E-state index contributed by atoms with van der Waals surface area (Å²) in [6, 6.07) is 5.44. The van der Waals surface area contributed by atoms with E-state index in [0.717, 1.165) is 29.7 Å². The molecular weight excluding hydrogens is 308 g/mol. The minimum absolute atomic E-state index is 0.0617. The summed E-state index contributed by atoms with van der Waals surface area (Å²) in [4.78, 5) is 32.8. The highest BCUT2D eigenvalue weighted by molar-refractivity contribution is 5.82. The number of fused-ring (bicyclic) bond motifs is 1. The minimum atomic E-state index is -0.674. The fourth-order valence-corrected chi connectivity index (χ4v) is 3.65. The molecule has 3 atom stereocenters. The van der Waals surface area contributed by atoms with Crippen molar-refractivity contribution in [1.82, 2.24) is 14.9 Å². The van der Waals surface area contributed by atoms with Crippen LogP contribution in [0.3, 0.4) is 0 Å². The molecule has 2 heterocycles. The lowest BCUT2D eigenvalue weighted by molar-refractivity contribution is -0.497. The van der Waals surface area contributed by atoms with Crippen molar-refractivity contribution < 1.29 is 9.72 Å². The Labute approximate surface area is 139 Å². The van der Waals surface area contributed by atoms with Gasteiger partial charge in [0.1, 0.15) is 11.7 Å². The zero-order chi connectivity index (χ0) is 16.8. The number of piperidine rings is 1. The second kappa shape index (κ2) is 5.58. The number of nitro groups is 1. The van der Waals surface area contributed by atoms with E-state index >= 15 is 0 Å². The maximum Gasteiger partial charge on any atom is 0.232 e. The molecule has 1 saturated heterocycles. The van der Waals surface area contributed by atoms with Crippen molar-refractivity contribution in [2.75, 3.05) is 13.1 Å². The van der Waals surface area contributed by atoms with Crippen LogP contribution in [0.4, 0.5) is 0 Å². The first-order valence-corrected chi connectivity index (χ1v) is 8.41. The third-order valence-corrected chi connectivity index (χ3v) is 5.12. The summed E-state index contributed by atoms with van der Waals surface area (Å²) in [7, 11) is 0. The molecule has 1 aromatic heterocycles. The molecule has 126 valence electrons. The topological polar surface area (TPSA) is 92.1 Å². The fraction of sp³-hybridized carbons (Fsp3) is 0.529. The van der Waals surface area contributed by atoms with E-state index in [9.17, 15) is 14.9 Å². The fourth-order valence-electron chi connectivity index (χ4n) is 3.65. The van der Waals surface area contributed by atoms with Crippen LogP contribution >= 0.6 is 0 Å². The van der Waals surface area contributed by atoms with Crippen LogP contribution in [-0.2, 0) is 4.79 Å².